The minimum atomic E-state index is -0.936. The zero-order valence-electron chi connectivity index (χ0n) is 15.2. The van der Waals surface area contributed by atoms with Crippen LogP contribution in [0, 0.1) is 0 Å². The van der Waals surface area contributed by atoms with Gasteiger partial charge in [0.25, 0.3) is 0 Å². The fourth-order valence-electron chi connectivity index (χ4n) is 3.35. The predicted octanol–water partition coefficient (Wildman–Crippen LogP) is -0.323. The summed E-state index contributed by atoms with van der Waals surface area (Å²) in [7, 11) is 3.23. The van der Waals surface area contributed by atoms with Gasteiger partial charge in [0, 0.05) is 33.7 Å². The molecule has 3 rings (SSSR count). The van der Waals surface area contributed by atoms with Gasteiger partial charge in [-0.05, 0) is 12.0 Å². The third-order valence-electron chi connectivity index (χ3n) is 4.79. The van der Waals surface area contributed by atoms with Crippen molar-refractivity contribution < 1.29 is 9.90 Å². The van der Waals surface area contributed by atoms with Crippen molar-refractivity contribution in [3.63, 3.8) is 0 Å². The molecule has 8 heteroatoms. The van der Waals surface area contributed by atoms with Crippen LogP contribution in [0.4, 0.5) is 0 Å². The summed E-state index contributed by atoms with van der Waals surface area (Å²) < 4.78 is 2.44. The van der Waals surface area contributed by atoms with Gasteiger partial charge in [-0.15, -0.1) is 0 Å². The van der Waals surface area contributed by atoms with Crippen LogP contribution < -0.4 is 5.69 Å². The van der Waals surface area contributed by atoms with Gasteiger partial charge in [0.2, 0.25) is 5.91 Å². The summed E-state index contributed by atoms with van der Waals surface area (Å²) >= 11 is 0. The lowest BCUT2D eigenvalue weighted by Gasteiger charge is -2.29. The van der Waals surface area contributed by atoms with Gasteiger partial charge in [-0.3, -0.25) is 14.3 Å². The van der Waals surface area contributed by atoms with E-state index < -0.39 is 5.60 Å². The molecule has 0 spiro atoms. The SMILES string of the molecule is CN(CC1(O)CCN(Cc2ccccc2)C1)C(=O)Cn1ncn(C)c1=O. The molecule has 1 atom stereocenters. The van der Waals surface area contributed by atoms with E-state index in [0.717, 1.165) is 17.8 Å². The highest BCUT2D eigenvalue weighted by Crippen LogP contribution is 2.23. The minimum absolute atomic E-state index is 0.125. The number of hydrogen-bond acceptors (Lipinski definition) is 5. The Morgan fingerprint density at radius 1 is 1.35 bits per heavy atom. The van der Waals surface area contributed by atoms with E-state index in [0.29, 0.717) is 13.0 Å². The maximum atomic E-state index is 12.4. The Morgan fingerprint density at radius 3 is 2.73 bits per heavy atom. The number of aliphatic hydroxyl groups is 1. The Labute approximate surface area is 152 Å². The van der Waals surface area contributed by atoms with Crippen LogP contribution in [0.25, 0.3) is 0 Å². The number of likely N-dealkylation sites (N-methyl/N-ethyl adjacent to an activating group) is 1. The monoisotopic (exact) mass is 359 g/mol. The van der Waals surface area contributed by atoms with Crippen molar-refractivity contribution in [1.82, 2.24) is 24.1 Å². The number of β-amino-alcohol motifs (C(OH)–C–C–N with tert-alkyl or cyclic N) is 1. The van der Waals surface area contributed by atoms with E-state index >= 15 is 0 Å². The lowest BCUT2D eigenvalue weighted by molar-refractivity contribution is -0.133. The van der Waals surface area contributed by atoms with E-state index in [-0.39, 0.29) is 24.7 Å². The molecule has 1 amide bonds. The first-order valence-corrected chi connectivity index (χ1v) is 8.67. The van der Waals surface area contributed by atoms with Gasteiger partial charge in [-0.1, -0.05) is 30.3 Å². The molecule has 2 aromatic rings. The summed E-state index contributed by atoms with van der Waals surface area (Å²) in [4.78, 5) is 27.8. The van der Waals surface area contributed by atoms with Crippen molar-refractivity contribution in [1.29, 1.82) is 0 Å². The number of nitrogens with zero attached hydrogens (tertiary/aromatic N) is 5. The van der Waals surface area contributed by atoms with Gasteiger partial charge in [-0.2, -0.15) is 5.10 Å². The van der Waals surface area contributed by atoms with E-state index in [1.165, 1.54) is 21.4 Å². The zero-order valence-corrected chi connectivity index (χ0v) is 15.2. The first-order valence-electron chi connectivity index (χ1n) is 8.67. The molecule has 1 N–H and O–H groups in total. The zero-order chi connectivity index (χ0) is 18.7. The highest BCUT2D eigenvalue weighted by atomic mass is 16.3. The lowest BCUT2D eigenvalue weighted by Crippen LogP contribution is -2.47. The van der Waals surface area contributed by atoms with Crippen molar-refractivity contribution in [3.8, 4) is 0 Å². The summed E-state index contributed by atoms with van der Waals surface area (Å²) in [6, 6.07) is 10.1. The van der Waals surface area contributed by atoms with E-state index in [1.807, 2.05) is 18.2 Å². The number of benzene rings is 1. The van der Waals surface area contributed by atoms with E-state index in [1.54, 1.807) is 14.1 Å². The Balaban J connectivity index is 1.55. The number of likely N-dealkylation sites (tertiary alicyclic amines) is 1. The van der Waals surface area contributed by atoms with E-state index in [4.69, 9.17) is 0 Å². The standard InChI is InChI=1S/C18H25N5O3/c1-20(16(24)11-23-17(25)21(2)14-19-23)12-18(26)8-9-22(13-18)10-15-6-4-3-5-7-15/h3-7,14,26H,8-13H2,1-2H3. The molecule has 0 saturated carbocycles. The summed E-state index contributed by atoms with van der Waals surface area (Å²) in [6.07, 6.45) is 1.99. The molecular weight excluding hydrogens is 334 g/mol. The lowest BCUT2D eigenvalue weighted by atomic mass is 10.0. The molecule has 0 bridgehead atoms. The van der Waals surface area contributed by atoms with Gasteiger partial charge in [0.1, 0.15) is 12.9 Å². The molecule has 140 valence electrons. The van der Waals surface area contributed by atoms with Crippen molar-refractivity contribution in [2.45, 2.75) is 25.1 Å². The Morgan fingerprint density at radius 2 is 2.08 bits per heavy atom. The highest BCUT2D eigenvalue weighted by molar-refractivity contribution is 5.75. The fraction of sp³-hybridized carbons (Fsp3) is 0.500. The van der Waals surface area contributed by atoms with Gasteiger partial charge >= 0.3 is 5.69 Å². The van der Waals surface area contributed by atoms with Crippen LogP contribution in [0.3, 0.4) is 0 Å². The summed E-state index contributed by atoms with van der Waals surface area (Å²) in [6.45, 7) is 2.19. The molecule has 1 aliphatic heterocycles. The molecule has 1 aromatic carbocycles. The third-order valence-corrected chi connectivity index (χ3v) is 4.79. The van der Waals surface area contributed by atoms with Crippen LogP contribution >= 0.6 is 0 Å². The molecule has 1 aromatic heterocycles. The summed E-state index contributed by atoms with van der Waals surface area (Å²) in [5.41, 5.74) is -0.0649. The minimum Gasteiger partial charge on any atom is -0.387 e. The van der Waals surface area contributed by atoms with Gasteiger partial charge in [0.05, 0.1) is 12.1 Å². The number of carbonyl (C=O) groups excluding carboxylic acids is 1. The molecule has 0 radical (unpaired) electrons. The number of aryl methyl sites for hydroxylation is 1. The van der Waals surface area contributed by atoms with Crippen LogP contribution in [0.1, 0.15) is 12.0 Å². The van der Waals surface area contributed by atoms with Crippen molar-refractivity contribution >= 4 is 5.91 Å². The molecule has 1 aliphatic rings. The van der Waals surface area contributed by atoms with Crippen LogP contribution in [0.5, 0.6) is 0 Å². The van der Waals surface area contributed by atoms with E-state index in [2.05, 4.69) is 22.1 Å². The fourth-order valence-corrected chi connectivity index (χ4v) is 3.35. The molecule has 26 heavy (non-hydrogen) atoms. The molecule has 0 aliphatic carbocycles. The molecular formula is C18H25N5O3. The average Bonchev–Trinajstić information content (AvgIpc) is 3.12. The van der Waals surface area contributed by atoms with E-state index in [9.17, 15) is 14.7 Å². The van der Waals surface area contributed by atoms with Crippen LogP contribution in [0.15, 0.2) is 41.5 Å². The molecule has 2 heterocycles. The van der Waals surface area contributed by atoms with Crippen molar-refractivity contribution in [3.05, 3.63) is 52.7 Å². The Kier molecular flexibility index (Phi) is 5.24. The maximum absolute atomic E-state index is 12.4. The van der Waals surface area contributed by atoms with Crippen LogP contribution in [-0.4, -0.2) is 67.4 Å². The Bertz CT molecular complexity index is 816. The predicted molar refractivity (Wildman–Crippen MR) is 96.4 cm³/mol. The van der Waals surface area contributed by atoms with Crippen molar-refractivity contribution in [2.75, 3.05) is 26.7 Å². The van der Waals surface area contributed by atoms with Crippen LogP contribution in [-0.2, 0) is 24.9 Å². The molecule has 1 saturated heterocycles. The number of amides is 1. The number of rotatable bonds is 6. The second-order valence-corrected chi connectivity index (χ2v) is 7.10. The summed E-state index contributed by atoms with van der Waals surface area (Å²) in [5.74, 6) is -0.249. The van der Waals surface area contributed by atoms with Gasteiger partial charge < -0.3 is 10.0 Å². The normalized spacial score (nSPS) is 20.4. The highest BCUT2D eigenvalue weighted by Gasteiger charge is 2.37. The number of carbonyl (C=O) groups is 1. The van der Waals surface area contributed by atoms with Gasteiger partial charge in [-0.25, -0.2) is 9.48 Å². The molecule has 8 nitrogen and oxygen atoms in total. The van der Waals surface area contributed by atoms with Crippen LogP contribution in [0.2, 0.25) is 0 Å². The Hall–Kier alpha value is -2.45. The second-order valence-electron chi connectivity index (χ2n) is 7.10. The largest absolute Gasteiger partial charge is 0.387 e. The topological polar surface area (TPSA) is 83.6 Å². The molecule has 1 unspecified atom stereocenters. The third kappa shape index (κ3) is 4.20. The number of hydrogen-bond donors (Lipinski definition) is 1. The van der Waals surface area contributed by atoms with Gasteiger partial charge in [0.15, 0.2) is 0 Å². The number of aromatic nitrogens is 3. The average molecular weight is 359 g/mol. The quantitative estimate of drug-likeness (QED) is 0.764. The second kappa shape index (κ2) is 7.43. The first-order chi connectivity index (χ1) is 12.4. The molecule has 1 fully saturated rings. The smallest absolute Gasteiger partial charge is 0.345 e. The maximum Gasteiger partial charge on any atom is 0.345 e. The first kappa shape index (κ1) is 18.3. The summed E-state index contributed by atoms with van der Waals surface area (Å²) in [5, 5.41) is 14.8. The van der Waals surface area contributed by atoms with Crippen molar-refractivity contribution in [2.24, 2.45) is 7.05 Å².